The third-order valence-corrected chi connectivity index (χ3v) is 4.53. The number of rotatable bonds is 6. The Labute approximate surface area is 148 Å². The summed E-state index contributed by atoms with van der Waals surface area (Å²) in [5.74, 6) is 0.783. The number of nitrogens with one attached hydrogen (secondary N) is 1. The Balaban J connectivity index is 2.27. The van der Waals surface area contributed by atoms with Crippen LogP contribution in [-0.2, 0) is 4.79 Å². The lowest BCUT2D eigenvalue weighted by Crippen LogP contribution is -2.27. The fraction of sp³-hybridized carbons (Fsp3) is 0.357. The average Bonchev–Trinajstić information content (AvgIpc) is 2.85. The van der Waals surface area contributed by atoms with Crippen LogP contribution in [0.15, 0.2) is 23.4 Å². The summed E-state index contributed by atoms with van der Waals surface area (Å²) < 4.78 is 1.65. The Morgan fingerprint density at radius 3 is 2.74 bits per heavy atom. The smallest absolute Gasteiger partial charge is 0.247 e. The molecule has 0 saturated carbocycles. The first-order chi connectivity index (χ1) is 11.0. The highest BCUT2D eigenvalue weighted by Gasteiger charge is 2.25. The normalized spacial score (nSPS) is 12.2. The van der Waals surface area contributed by atoms with E-state index in [4.69, 9.17) is 28.9 Å². The van der Waals surface area contributed by atoms with Crippen molar-refractivity contribution in [2.24, 2.45) is 0 Å². The number of halogens is 2. The van der Waals surface area contributed by atoms with Gasteiger partial charge < -0.3 is 11.1 Å². The van der Waals surface area contributed by atoms with Crippen molar-refractivity contribution in [3.8, 4) is 0 Å². The SMILES string of the molecule is CCSc1nnc(N)n1C(CC)C(=O)Nc1ccc(Cl)cc1Cl. The molecule has 0 spiro atoms. The molecule has 1 atom stereocenters. The molecule has 1 aromatic heterocycles. The molecular weight excluding hydrogens is 357 g/mol. The Bertz CT molecular complexity index is 706. The lowest BCUT2D eigenvalue weighted by molar-refractivity contribution is -0.119. The minimum absolute atomic E-state index is 0.213. The van der Waals surface area contributed by atoms with E-state index >= 15 is 0 Å². The van der Waals surface area contributed by atoms with Crippen molar-refractivity contribution in [2.45, 2.75) is 31.5 Å². The first-order valence-electron chi connectivity index (χ1n) is 7.07. The van der Waals surface area contributed by atoms with E-state index < -0.39 is 6.04 Å². The second-order valence-electron chi connectivity index (χ2n) is 4.68. The molecule has 9 heteroatoms. The van der Waals surface area contributed by atoms with Crippen LogP contribution in [0.2, 0.25) is 10.0 Å². The van der Waals surface area contributed by atoms with E-state index in [0.717, 1.165) is 5.75 Å². The van der Waals surface area contributed by atoms with Gasteiger partial charge in [-0.2, -0.15) is 0 Å². The highest BCUT2D eigenvalue weighted by atomic mass is 35.5. The third-order valence-electron chi connectivity index (χ3n) is 3.15. The number of carbonyl (C=O) groups is 1. The number of thioether (sulfide) groups is 1. The molecule has 1 heterocycles. The predicted octanol–water partition coefficient (Wildman–Crippen LogP) is 3.87. The van der Waals surface area contributed by atoms with Crippen molar-refractivity contribution in [2.75, 3.05) is 16.8 Å². The molecule has 0 aliphatic heterocycles. The summed E-state index contributed by atoms with van der Waals surface area (Å²) in [7, 11) is 0. The van der Waals surface area contributed by atoms with Crippen molar-refractivity contribution < 1.29 is 4.79 Å². The summed E-state index contributed by atoms with van der Waals surface area (Å²) in [6.07, 6.45) is 0.538. The summed E-state index contributed by atoms with van der Waals surface area (Å²) >= 11 is 13.4. The van der Waals surface area contributed by atoms with Crippen molar-refractivity contribution in [3.05, 3.63) is 28.2 Å². The van der Waals surface area contributed by atoms with Gasteiger partial charge in [0.15, 0.2) is 5.16 Å². The van der Waals surface area contributed by atoms with Gasteiger partial charge in [-0.1, -0.05) is 48.8 Å². The van der Waals surface area contributed by atoms with Crippen molar-refractivity contribution >= 4 is 52.5 Å². The first-order valence-corrected chi connectivity index (χ1v) is 8.81. The zero-order valence-electron chi connectivity index (χ0n) is 12.7. The number of carbonyl (C=O) groups excluding carboxylic acids is 1. The fourth-order valence-corrected chi connectivity index (χ4v) is 3.27. The van der Waals surface area contributed by atoms with Crippen molar-refractivity contribution in [1.29, 1.82) is 0 Å². The molecule has 3 N–H and O–H groups in total. The van der Waals surface area contributed by atoms with E-state index in [1.54, 1.807) is 22.8 Å². The van der Waals surface area contributed by atoms with Crippen LogP contribution in [0.5, 0.6) is 0 Å². The zero-order chi connectivity index (χ0) is 17.0. The van der Waals surface area contributed by atoms with Crippen LogP contribution >= 0.6 is 35.0 Å². The fourth-order valence-electron chi connectivity index (χ4n) is 2.10. The van der Waals surface area contributed by atoms with E-state index in [1.807, 2.05) is 13.8 Å². The second-order valence-corrected chi connectivity index (χ2v) is 6.76. The van der Waals surface area contributed by atoms with Gasteiger partial charge in [0, 0.05) is 5.02 Å². The lowest BCUT2D eigenvalue weighted by Gasteiger charge is -2.19. The molecule has 124 valence electrons. The molecule has 2 rings (SSSR count). The predicted molar refractivity (Wildman–Crippen MR) is 95.3 cm³/mol. The maximum Gasteiger partial charge on any atom is 0.247 e. The molecule has 0 aliphatic carbocycles. The number of hydrogen-bond acceptors (Lipinski definition) is 5. The lowest BCUT2D eigenvalue weighted by atomic mass is 10.2. The number of nitrogens with zero attached hydrogens (tertiary/aromatic N) is 3. The molecule has 2 aromatic rings. The van der Waals surface area contributed by atoms with Crippen LogP contribution in [0, 0.1) is 0 Å². The molecule has 1 unspecified atom stereocenters. The zero-order valence-corrected chi connectivity index (χ0v) is 15.0. The summed E-state index contributed by atoms with van der Waals surface area (Å²) in [6.45, 7) is 3.89. The molecule has 0 aliphatic rings. The molecule has 6 nitrogen and oxygen atoms in total. The van der Waals surface area contributed by atoms with Crippen LogP contribution in [-0.4, -0.2) is 26.4 Å². The molecule has 0 fully saturated rings. The van der Waals surface area contributed by atoms with E-state index in [1.165, 1.54) is 11.8 Å². The number of anilines is 2. The Hall–Kier alpha value is -1.44. The van der Waals surface area contributed by atoms with Gasteiger partial charge in [0.05, 0.1) is 10.7 Å². The number of aromatic nitrogens is 3. The molecule has 0 saturated heterocycles. The quantitative estimate of drug-likeness (QED) is 0.750. The number of nitrogen functional groups attached to an aromatic ring is 1. The molecule has 1 aromatic carbocycles. The van der Waals surface area contributed by atoms with Gasteiger partial charge in [0.25, 0.3) is 0 Å². The number of nitrogens with two attached hydrogens (primary N) is 1. The van der Waals surface area contributed by atoms with Gasteiger partial charge in [0.1, 0.15) is 6.04 Å². The summed E-state index contributed by atoms with van der Waals surface area (Å²) in [6, 6.07) is 4.37. The summed E-state index contributed by atoms with van der Waals surface area (Å²) in [5, 5.41) is 12.2. The molecule has 23 heavy (non-hydrogen) atoms. The largest absolute Gasteiger partial charge is 0.368 e. The Kier molecular flexibility index (Phi) is 6.15. The summed E-state index contributed by atoms with van der Waals surface area (Å²) in [4.78, 5) is 12.6. The van der Waals surface area contributed by atoms with Gasteiger partial charge in [-0.3, -0.25) is 9.36 Å². The minimum Gasteiger partial charge on any atom is -0.368 e. The van der Waals surface area contributed by atoms with Gasteiger partial charge in [-0.25, -0.2) is 0 Å². The number of amides is 1. The topological polar surface area (TPSA) is 85.8 Å². The highest BCUT2D eigenvalue weighted by molar-refractivity contribution is 7.99. The van der Waals surface area contributed by atoms with E-state index in [0.29, 0.717) is 27.3 Å². The van der Waals surface area contributed by atoms with Crippen molar-refractivity contribution in [1.82, 2.24) is 14.8 Å². The molecular formula is C14H17Cl2N5OS. The molecule has 0 radical (unpaired) electrons. The highest BCUT2D eigenvalue weighted by Crippen LogP contribution is 2.29. The van der Waals surface area contributed by atoms with Crippen LogP contribution in [0.4, 0.5) is 11.6 Å². The van der Waals surface area contributed by atoms with Crippen LogP contribution in [0.25, 0.3) is 0 Å². The van der Waals surface area contributed by atoms with E-state index in [9.17, 15) is 4.79 Å². The maximum absolute atomic E-state index is 12.6. The van der Waals surface area contributed by atoms with Gasteiger partial charge >= 0.3 is 0 Å². The van der Waals surface area contributed by atoms with E-state index in [2.05, 4.69) is 15.5 Å². The van der Waals surface area contributed by atoms with Gasteiger partial charge in [0.2, 0.25) is 11.9 Å². The summed E-state index contributed by atoms with van der Waals surface area (Å²) in [5.41, 5.74) is 6.38. The average molecular weight is 374 g/mol. The maximum atomic E-state index is 12.6. The minimum atomic E-state index is -0.522. The molecule has 0 bridgehead atoms. The van der Waals surface area contributed by atoms with Crippen LogP contribution < -0.4 is 11.1 Å². The van der Waals surface area contributed by atoms with Gasteiger partial charge in [-0.05, 0) is 30.4 Å². The third kappa shape index (κ3) is 4.10. The van der Waals surface area contributed by atoms with Crippen LogP contribution in [0.3, 0.4) is 0 Å². The standard InChI is InChI=1S/C14H17Cl2N5OS/c1-3-11(21-13(17)19-20-14(21)23-4-2)12(22)18-10-6-5-8(15)7-9(10)16/h5-7,11H,3-4H2,1-2H3,(H2,17,19)(H,18,22). The Morgan fingerprint density at radius 1 is 1.39 bits per heavy atom. The van der Waals surface area contributed by atoms with Crippen molar-refractivity contribution in [3.63, 3.8) is 0 Å². The first kappa shape index (κ1) is 17.9. The Morgan fingerprint density at radius 2 is 2.13 bits per heavy atom. The monoisotopic (exact) mass is 373 g/mol. The number of benzene rings is 1. The number of hydrogen-bond donors (Lipinski definition) is 2. The van der Waals surface area contributed by atoms with Crippen LogP contribution in [0.1, 0.15) is 26.3 Å². The van der Waals surface area contributed by atoms with Gasteiger partial charge in [-0.15, -0.1) is 10.2 Å². The molecule has 1 amide bonds. The van der Waals surface area contributed by atoms with E-state index in [-0.39, 0.29) is 11.9 Å². The second kappa shape index (κ2) is 7.90.